The smallest absolute Gasteiger partial charge is 0.226 e. The summed E-state index contributed by atoms with van der Waals surface area (Å²) in [6.07, 6.45) is 1.54. The van der Waals surface area contributed by atoms with Crippen LogP contribution in [-0.2, 0) is 11.2 Å². The number of amides is 1. The van der Waals surface area contributed by atoms with E-state index in [1.807, 2.05) is 41.8 Å². The van der Waals surface area contributed by atoms with Crippen LogP contribution in [0.2, 0.25) is 0 Å². The number of carbonyl (C=O) groups excluding carboxylic acids is 1. The van der Waals surface area contributed by atoms with Crippen molar-refractivity contribution in [3.05, 3.63) is 52.3 Å². The van der Waals surface area contributed by atoms with Gasteiger partial charge >= 0.3 is 0 Å². The largest absolute Gasteiger partial charge is 0.393 e. The highest BCUT2D eigenvalue weighted by molar-refractivity contribution is 7.10. The first-order valence-corrected chi connectivity index (χ1v) is 9.01. The molecule has 0 unspecified atom stereocenters. The summed E-state index contributed by atoms with van der Waals surface area (Å²) in [5.74, 6) is 0.283. The molecule has 5 nitrogen and oxygen atoms in total. The summed E-state index contributed by atoms with van der Waals surface area (Å²) in [6, 6.07) is 11.8. The van der Waals surface area contributed by atoms with Gasteiger partial charge in [0, 0.05) is 10.3 Å². The van der Waals surface area contributed by atoms with Crippen molar-refractivity contribution in [3.63, 3.8) is 0 Å². The van der Waals surface area contributed by atoms with Gasteiger partial charge in [0.25, 0.3) is 0 Å². The quantitative estimate of drug-likeness (QED) is 0.668. The Morgan fingerprint density at radius 3 is 2.92 bits per heavy atom. The van der Waals surface area contributed by atoms with Crippen LogP contribution < -0.4 is 5.32 Å². The van der Waals surface area contributed by atoms with Crippen molar-refractivity contribution in [2.45, 2.75) is 31.4 Å². The Labute approximate surface area is 143 Å². The lowest BCUT2D eigenvalue weighted by Crippen LogP contribution is -2.41. The molecular formula is C18H19N3O2S. The van der Waals surface area contributed by atoms with Gasteiger partial charge in [-0.05, 0) is 36.3 Å². The zero-order valence-corrected chi connectivity index (χ0v) is 13.9. The number of H-pyrrole nitrogens is 1. The normalized spacial score (nSPS) is 21.4. The van der Waals surface area contributed by atoms with E-state index in [1.165, 1.54) is 0 Å². The van der Waals surface area contributed by atoms with Crippen LogP contribution in [0, 0.1) is 5.92 Å². The van der Waals surface area contributed by atoms with Gasteiger partial charge in [-0.15, -0.1) is 11.3 Å². The first-order chi connectivity index (χ1) is 11.7. The van der Waals surface area contributed by atoms with Gasteiger partial charge in [-0.25, -0.2) is 0 Å². The number of aliphatic hydroxyl groups is 1. The SMILES string of the molecule is O=C(Cc1[nH]nc2ccccc12)N[C@H](c1cccs1)C1CC(O)C1. The number of hydrogen-bond acceptors (Lipinski definition) is 4. The molecule has 124 valence electrons. The molecule has 2 heterocycles. The van der Waals surface area contributed by atoms with Crippen LogP contribution >= 0.6 is 11.3 Å². The van der Waals surface area contributed by atoms with Gasteiger partial charge in [0.1, 0.15) is 0 Å². The summed E-state index contributed by atoms with van der Waals surface area (Å²) in [6.45, 7) is 0. The van der Waals surface area contributed by atoms with Crippen molar-refractivity contribution in [1.82, 2.24) is 15.5 Å². The Kier molecular flexibility index (Phi) is 4.08. The van der Waals surface area contributed by atoms with Crippen LogP contribution in [0.5, 0.6) is 0 Å². The number of benzene rings is 1. The summed E-state index contributed by atoms with van der Waals surface area (Å²) in [4.78, 5) is 13.7. The molecule has 1 aliphatic rings. The lowest BCUT2D eigenvalue weighted by Gasteiger charge is -2.37. The Balaban J connectivity index is 1.49. The minimum atomic E-state index is -0.231. The maximum Gasteiger partial charge on any atom is 0.226 e. The number of carbonyl (C=O) groups is 1. The summed E-state index contributed by atoms with van der Waals surface area (Å²) >= 11 is 1.65. The van der Waals surface area contributed by atoms with E-state index in [9.17, 15) is 9.90 Å². The molecule has 0 spiro atoms. The minimum Gasteiger partial charge on any atom is -0.393 e. The standard InChI is InChI=1S/C18H19N3O2S/c22-12-8-11(9-12)18(16-6-3-7-24-16)19-17(23)10-15-13-4-1-2-5-14(13)20-21-15/h1-7,11-12,18,22H,8-10H2,(H,19,23)(H,20,21)/t11?,12?,18-/m0/s1. The van der Waals surface area contributed by atoms with E-state index in [-0.39, 0.29) is 24.5 Å². The predicted molar refractivity (Wildman–Crippen MR) is 93.7 cm³/mol. The Morgan fingerprint density at radius 2 is 2.17 bits per heavy atom. The van der Waals surface area contributed by atoms with Gasteiger partial charge in [-0.3, -0.25) is 9.89 Å². The molecule has 24 heavy (non-hydrogen) atoms. The number of para-hydroxylation sites is 1. The summed E-state index contributed by atoms with van der Waals surface area (Å²) < 4.78 is 0. The van der Waals surface area contributed by atoms with Crippen molar-refractivity contribution in [1.29, 1.82) is 0 Å². The van der Waals surface area contributed by atoms with E-state index >= 15 is 0 Å². The van der Waals surface area contributed by atoms with Crippen LogP contribution in [-0.4, -0.2) is 27.3 Å². The van der Waals surface area contributed by atoms with Gasteiger partial charge in [-0.2, -0.15) is 5.10 Å². The van der Waals surface area contributed by atoms with E-state index in [4.69, 9.17) is 0 Å². The molecule has 4 rings (SSSR count). The lowest BCUT2D eigenvalue weighted by atomic mass is 9.76. The molecule has 0 bridgehead atoms. The van der Waals surface area contributed by atoms with Gasteiger partial charge in [0.05, 0.1) is 29.8 Å². The number of nitrogens with zero attached hydrogens (tertiary/aromatic N) is 1. The van der Waals surface area contributed by atoms with Gasteiger partial charge in [0.15, 0.2) is 0 Å². The zero-order chi connectivity index (χ0) is 16.5. The molecule has 3 aromatic rings. The Hall–Kier alpha value is -2.18. The molecule has 2 aromatic heterocycles. The summed E-state index contributed by atoms with van der Waals surface area (Å²) in [5.41, 5.74) is 1.71. The van der Waals surface area contributed by atoms with E-state index in [0.29, 0.717) is 5.92 Å². The Morgan fingerprint density at radius 1 is 1.33 bits per heavy atom. The third kappa shape index (κ3) is 2.95. The van der Waals surface area contributed by atoms with Crippen LogP contribution in [0.3, 0.4) is 0 Å². The van der Waals surface area contributed by atoms with E-state index in [2.05, 4.69) is 15.5 Å². The lowest BCUT2D eigenvalue weighted by molar-refractivity contribution is -0.122. The molecule has 1 amide bonds. The van der Waals surface area contributed by atoms with E-state index < -0.39 is 0 Å². The van der Waals surface area contributed by atoms with Gasteiger partial charge in [0.2, 0.25) is 5.91 Å². The number of rotatable bonds is 5. The molecule has 0 aliphatic heterocycles. The highest BCUT2D eigenvalue weighted by Gasteiger charge is 2.36. The summed E-state index contributed by atoms with van der Waals surface area (Å²) in [5, 5.41) is 23.0. The molecule has 3 N–H and O–H groups in total. The van der Waals surface area contributed by atoms with Crippen molar-refractivity contribution < 1.29 is 9.90 Å². The molecule has 0 radical (unpaired) electrons. The number of aromatic nitrogens is 2. The number of aromatic amines is 1. The summed E-state index contributed by atoms with van der Waals surface area (Å²) in [7, 11) is 0. The van der Waals surface area contributed by atoms with E-state index in [0.717, 1.165) is 34.3 Å². The Bertz CT molecular complexity index is 837. The molecule has 1 aliphatic carbocycles. The molecular weight excluding hydrogens is 322 g/mol. The number of fused-ring (bicyclic) bond motifs is 1. The van der Waals surface area contributed by atoms with Crippen molar-refractivity contribution in [2.75, 3.05) is 0 Å². The van der Waals surface area contributed by atoms with Gasteiger partial charge < -0.3 is 10.4 Å². The molecule has 6 heteroatoms. The number of thiophene rings is 1. The maximum atomic E-state index is 12.6. The van der Waals surface area contributed by atoms with Crippen LogP contribution in [0.25, 0.3) is 10.9 Å². The second-order valence-corrected chi connectivity index (χ2v) is 7.32. The fourth-order valence-electron chi connectivity index (χ4n) is 3.33. The van der Waals surface area contributed by atoms with Crippen molar-refractivity contribution in [3.8, 4) is 0 Å². The first-order valence-electron chi connectivity index (χ1n) is 8.13. The highest BCUT2D eigenvalue weighted by atomic mass is 32.1. The average molecular weight is 341 g/mol. The average Bonchev–Trinajstić information content (AvgIpc) is 3.20. The molecule has 1 fully saturated rings. The third-order valence-corrected chi connectivity index (χ3v) is 5.62. The molecule has 0 saturated heterocycles. The number of hydrogen-bond donors (Lipinski definition) is 3. The van der Waals surface area contributed by atoms with Gasteiger partial charge in [-0.1, -0.05) is 24.3 Å². The number of nitrogens with one attached hydrogen (secondary N) is 2. The topological polar surface area (TPSA) is 78.0 Å². The monoisotopic (exact) mass is 341 g/mol. The molecule has 1 atom stereocenters. The van der Waals surface area contributed by atoms with Crippen LogP contribution in [0.15, 0.2) is 41.8 Å². The second-order valence-electron chi connectivity index (χ2n) is 6.34. The number of aliphatic hydroxyl groups excluding tert-OH is 1. The highest BCUT2D eigenvalue weighted by Crippen LogP contribution is 2.39. The predicted octanol–water partition coefficient (Wildman–Crippen LogP) is 2.80. The fourth-order valence-corrected chi connectivity index (χ4v) is 4.20. The maximum absolute atomic E-state index is 12.6. The van der Waals surface area contributed by atoms with Crippen molar-refractivity contribution >= 4 is 28.1 Å². The minimum absolute atomic E-state index is 0.0184. The van der Waals surface area contributed by atoms with Crippen molar-refractivity contribution in [2.24, 2.45) is 5.92 Å². The van der Waals surface area contributed by atoms with Crippen LogP contribution in [0.4, 0.5) is 0 Å². The first kappa shape index (κ1) is 15.4. The molecule has 1 saturated carbocycles. The second kappa shape index (κ2) is 6.37. The van der Waals surface area contributed by atoms with E-state index in [1.54, 1.807) is 11.3 Å². The fraction of sp³-hybridized carbons (Fsp3) is 0.333. The zero-order valence-electron chi connectivity index (χ0n) is 13.1. The third-order valence-electron chi connectivity index (χ3n) is 4.67. The molecule has 1 aromatic carbocycles. The van der Waals surface area contributed by atoms with Crippen LogP contribution in [0.1, 0.15) is 29.5 Å².